The van der Waals surface area contributed by atoms with Gasteiger partial charge in [-0.25, -0.2) is 23.8 Å². The average molecular weight is 574 g/mol. The molecule has 2 fully saturated rings. The summed E-state index contributed by atoms with van der Waals surface area (Å²) in [6.07, 6.45) is 5.56. The topological polar surface area (TPSA) is 132 Å². The Labute approximate surface area is 243 Å². The molecule has 1 saturated carbocycles. The summed E-state index contributed by atoms with van der Waals surface area (Å²) in [6, 6.07) is 11.2. The Balaban J connectivity index is 1.31. The van der Waals surface area contributed by atoms with Crippen molar-refractivity contribution in [3.63, 3.8) is 0 Å². The number of piperazine rings is 1. The van der Waals surface area contributed by atoms with Crippen LogP contribution >= 0.6 is 0 Å². The first-order valence-electron chi connectivity index (χ1n) is 14.3. The molecule has 0 bridgehead atoms. The second-order valence-corrected chi connectivity index (χ2v) is 11.1. The number of hydrogen-bond acceptors (Lipinski definition) is 8. The van der Waals surface area contributed by atoms with Gasteiger partial charge in [0.15, 0.2) is 5.65 Å². The zero-order valence-electron chi connectivity index (χ0n) is 23.9. The largest absolute Gasteiger partial charge is 0.497 e. The summed E-state index contributed by atoms with van der Waals surface area (Å²) in [5, 5.41) is 5.54. The number of primary amides is 1. The molecule has 0 unspecified atom stereocenters. The van der Waals surface area contributed by atoms with Crippen molar-refractivity contribution >= 4 is 34.3 Å². The molecule has 1 saturated heterocycles. The predicted octanol–water partition coefficient (Wildman–Crippen LogP) is 4.17. The number of hydrogen-bond donors (Lipinski definition) is 2. The van der Waals surface area contributed by atoms with Crippen molar-refractivity contribution < 1.29 is 13.9 Å². The number of likely N-dealkylation sites (N-methyl/N-ethyl adjacent to an activating group) is 1. The molecule has 3 heterocycles. The van der Waals surface area contributed by atoms with Crippen LogP contribution in [0.1, 0.15) is 31.7 Å². The second-order valence-electron chi connectivity index (χ2n) is 11.1. The molecule has 4 aromatic rings. The van der Waals surface area contributed by atoms with Crippen LogP contribution in [0.25, 0.3) is 22.3 Å². The highest BCUT2D eigenvalue weighted by Crippen LogP contribution is 2.39. The summed E-state index contributed by atoms with van der Waals surface area (Å²) in [5.74, 6) is 0.160. The van der Waals surface area contributed by atoms with E-state index in [2.05, 4.69) is 26.8 Å². The number of carbonyl (C=O) groups is 1. The summed E-state index contributed by atoms with van der Waals surface area (Å²) in [6.45, 7) is 4.43. The molecule has 0 radical (unpaired) electrons. The number of nitrogens with two attached hydrogens (primary N) is 2. The van der Waals surface area contributed by atoms with E-state index in [-0.39, 0.29) is 17.5 Å². The molecule has 0 spiro atoms. The Morgan fingerprint density at radius 1 is 1.02 bits per heavy atom. The van der Waals surface area contributed by atoms with E-state index in [0.717, 1.165) is 56.8 Å². The minimum absolute atomic E-state index is 0.00897. The zero-order chi connectivity index (χ0) is 29.4. The number of carbonyl (C=O) groups excluding carboxylic acids is 1. The van der Waals surface area contributed by atoms with Crippen LogP contribution in [-0.2, 0) is 0 Å². The first kappa shape index (κ1) is 27.9. The number of benzene rings is 2. The van der Waals surface area contributed by atoms with Crippen LogP contribution in [0.4, 0.5) is 26.4 Å². The van der Waals surface area contributed by atoms with E-state index in [0.29, 0.717) is 39.8 Å². The van der Waals surface area contributed by atoms with Crippen LogP contribution in [-0.4, -0.2) is 82.0 Å². The van der Waals surface area contributed by atoms with Gasteiger partial charge < -0.3 is 21.1 Å². The monoisotopic (exact) mass is 573 g/mol. The molecular formula is C30H36FN9O2. The number of amides is 2. The highest BCUT2D eigenvalue weighted by Gasteiger charge is 2.31. The molecule has 2 amide bonds. The molecule has 0 atom stereocenters. The van der Waals surface area contributed by atoms with Crippen molar-refractivity contribution in [3.05, 3.63) is 54.6 Å². The molecule has 2 aromatic carbocycles. The van der Waals surface area contributed by atoms with Crippen LogP contribution in [0.2, 0.25) is 0 Å². The lowest BCUT2D eigenvalue weighted by Crippen LogP contribution is -2.49. The summed E-state index contributed by atoms with van der Waals surface area (Å²) < 4.78 is 22.9. The van der Waals surface area contributed by atoms with Crippen molar-refractivity contribution in [1.29, 1.82) is 0 Å². The smallest absolute Gasteiger partial charge is 0.323 e. The van der Waals surface area contributed by atoms with E-state index in [4.69, 9.17) is 21.3 Å². The van der Waals surface area contributed by atoms with Gasteiger partial charge in [-0.15, -0.1) is 0 Å². The number of methoxy groups -OCH3 is 1. The Kier molecular flexibility index (Phi) is 7.65. The molecule has 1 aliphatic heterocycles. The van der Waals surface area contributed by atoms with Crippen molar-refractivity contribution in [3.8, 4) is 17.0 Å². The van der Waals surface area contributed by atoms with Crippen molar-refractivity contribution in [2.45, 2.75) is 37.8 Å². The molecule has 4 N–H and O–H groups in total. The maximum atomic E-state index is 15.7. The van der Waals surface area contributed by atoms with Crippen LogP contribution in [0.15, 0.2) is 48.8 Å². The summed E-state index contributed by atoms with van der Waals surface area (Å²) in [4.78, 5) is 27.3. The van der Waals surface area contributed by atoms with E-state index < -0.39 is 11.8 Å². The molecule has 12 heteroatoms. The van der Waals surface area contributed by atoms with Gasteiger partial charge in [-0.05, 0) is 57.0 Å². The fourth-order valence-electron chi connectivity index (χ4n) is 6.28. The molecule has 2 aliphatic rings. The Morgan fingerprint density at radius 2 is 1.76 bits per heavy atom. The third kappa shape index (κ3) is 5.23. The number of fused-ring (bicyclic) bond motifs is 1. The molecule has 1 aliphatic carbocycles. The maximum absolute atomic E-state index is 15.7. The van der Waals surface area contributed by atoms with Gasteiger partial charge in [0.2, 0.25) is 0 Å². The standard InChI is InChI=1S/C30H36FN9O2/c1-37-12-14-38(15-13-37)20-7-9-21(10-8-20)40-29-26(28(32)34-18-35-29)27(36-40)19-6-11-25(24(31)16-19)39(30(33)41)22-4-3-5-23(17-22)42-2/h3-6,11,16-18,20-21H,7-10,12-15H2,1-2H3,(H2,33,41)(H2,32,34,35). The Hall–Kier alpha value is -4.29. The zero-order valence-corrected chi connectivity index (χ0v) is 23.9. The minimum Gasteiger partial charge on any atom is -0.497 e. The van der Waals surface area contributed by atoms with Gasteiger partial charge in [-0.1, -0.05) is 12.1 Å². The molecular weight excluding hydrogens is 537 g/mol. The first-order valence-corrected chi connectivity index (χ1v) is 14.3. The van der Waals surface area contributed by atoms with Gasteiger partial charge in [-0.3, -0.25) is 9.80 Å². The molecule has 11 nitrogen and oxygen atoms in total. The molecule has 2 aromatic heterocycles. The van der Waals surface area contributed by atoms with E-state index in [1.54, 1.807) is 30.3 Å². The van der Waals surface area contributed by atoms with Crippen LogP contribution in [0.3, 0.4) is 0 Å². The second kappa shape index (κ2) is 11.5. The maximum Gasteiger partial charge on any atom is 0.323 e. The third-order valence-corrected chi connectivity index (χ3v) is 8.58. The minimum atomic E-state index is -0.825. The average Bonchev–Trinajstić information content (AvgIpc) is 3.40. The highest BCUT2D eigenvalue weighted by molar-refractivity contribution is 6.00. The molecule has 6 rings (SSSR count). The van der Waals surface area contributed by atoms with Gasteiger partial charge in [0.1, 0.15) is 29.4 Å². The van der Waals surface area contributed by atoms with Crippen molar-refractivity contribution in [1.82, 2.24) is 29.5 Å². The van der Waals surface area contributed by atoms with Gasteiger partial charge in [0, 0.05) is 43.9 Å². The molecule has 220 valence electrons. The normalized spacial score (nSPS) is 20.1. The van der Waals surface area contributed by atoms with Crippen LogP contribution in [0.5, 0.6) is 5.75 Å². The number of rotatable bonds is 6. The SMILES string of the molecule is COc1cccc(N(C(N)=O)c2ccc(-c3nn(C4CCC(N5CCN(C)CC5)CC4)c4ncnc(N)c34)cc2F)c1. The first-order chi connectivity index (χ1) is 20.3. The van der Waals surface area contributed by atoms with Gasteiger partial charge in [0.25, 0.3) is 0 Å². The lowest BCUT2D eigenvalue weighted by molar-refractivity contribution is 0.0815. The van der Waals surface area contributed by atoms with Crippen LogP contribution in [0, 0.1) is 5.82 Å². The fourth-order valence-corrected chi connectivity index (χ4v) is 6.28. The summed E-state index contributed by atoms with van der Waals surface area (Å²) >= 11 is 0. The van der Waals surface area contributed by atoms with E-state index in [1.165, 1.54) is 25.6 Å². The number of aromatic nitrogens is 4. The fraction of sp³-hybridized carbons (Fsp3) is 0.400. The summed E-state index contributed by atoms with van der Waals surface area (Å²) in [7, 11) is 3.69. The number of halogens is 1. The van der Waals surface area contributed by atoms with Crippen molar-refractivity contribution in [2.24, 2.45) is 5.73 Å². The van der Waals surface area contributed by atoms with Gasteiger partial charge >= 0.3 is 6.03 Å². The number of anilines is 3. The van der Waals surface area contributed by atoms with Crippen molar-refractivity contribution in [2.75, 3.05) is 51.0 Å². The molecule has 42 heavy (non-hydrogen) atoms. The van der Waals surface area contributed by atoms with E-state index in [9.17, 15) is 4.79 Å². The van der Waals surface area contributed by atoms with E-state index >= 15 is 4.39 Å². The number of ether oxygens (including phenoxy) is 1. The number of urea groups is 1. The van der Waals surface area contributed by atoms with Gasteiger partial charge in [-0.2, -0.15) is 5.10 Å². The summed E-state index contributed by atoms with van der Waals surface area (Å²) in [5.41, 5.74) is 14.1. The lowest BCUT2D eigenvalue weighted by atomic mass is 9.90. The third-order valence-electron chi connectivity index (χ3n) is 8.58. The number of nitrogen functional groups attached to an aromatic ring is 1. The van der Waals surface area contributed by atoms with Gasteiger partial charge in [0.05, 0.1) is 29.9 Å². The Morgan fingerprint density at radius 3 is 2.45 bits per heavy atom. The predicted molar refractivity (Wildman–Crippen MR) is 160 cm³/mol. The Bertz CT molecular complexity index is 1590. The van der Waals surface area contributed by atoms with E-state index in [1.807, 2.05) is 4.68 Å². The highest BCUT2D eigenvalue weighted by atomic mass is 19.1. The lowest BCUT2D eigenvalue weighted by Gasteiger charge is -2.41. The quantitative estimate of drug-likeness (QED) is 0.351. The number of nitrogens with zero attached hydrogens (tertiary/aromatic N) is 7. The van der Waals surface area contributed by atoms with Crippen LogP contribution < -0.4 is 21.1 Å².